The molecule has 0 unspecified atom stereocenters. The standard InChI is InChI=1S/C15H27N3/c1-4-12-6-8-14(9-7-12)16-10-13-11-18(3)17-15(13)5-2/h11-12,14,16H,4-10H2,1-3H3. The predicted molar refractivity (Wildman–Crippen MR) is 75.5 cm³/mol. The van der Waals surface area contributed by atoms with Gasteiger partial charge in [0.05, 0.1) is 5.69 Å². The quantitative estimate of drug-likeness (QED) is 0.869. The summed E-state index contributed by atoms with van der Waals surface area (Å²) in [5, 5.41) is 8.21. The molecule has 3 nitrogen and oxygen atoms in total. The maximum Gasteiger partial charge on any atom is 0.0666 e. The zero-order chi connectivity index (χ0) is 13.0. The molecule has 1 heterocycles. The lowest BCUT2D eigenvalue weighted by Gasteiger charge is -2.28. The first kappa shape index (κ1) is 13.6. The Hall–Kier alpha value is -0.830. The van der Waals surface area contributed by atoms with Gasteiger partial charge in [0, 0.05) is 31.4 Å². The Kier molecular flexibility index (Phi) is 4.81. The van der Waals surface area contributed by atoms with Crippen LogP contribution in [0, 0.1) is 5.92 Å². The smallest absolute Gasteiger partial charge is 0.0666 e. The molecule has 102 valence electrons. The zero-order valence-electron chi connectivity index (χ0n) is 12.1. The first-order chi connectivity index (χ1) is 8.72. The molecule has 0 aromatic carbocycles. The van der Waals surface area contributed by atoms with Crippen LogP contribution >= 0.6 is 0 Å². The summed E-state index contributed by atoms with van der Waals surface area (Å²) in [6, 6.07) is 0.720. The highest BCUT2D eigenvalue weighted by atomic mass is 15.3. The fourth-order valence-corrected chi connectivity index (χ4v) is 3.06. The molecule has 2 rings (SSSR count). The Balaban J connectivity index is 1.81. The van der Waals surface area contributed by atoms with E-state index in [2.05, 4.69) is 30.5 Å². The highest BCUT2D eigenvalue weighted by Gasteiger charge is 2.19. The first-order valence-electron chi connectivity index (χ1n) is 7.47. The lowest BCUT2D eigenvalue weighted by Crippen LogP contribution is -2.32. The summed E-state index contributed by atoms with van der Waals surface area (Å²) in [6.07, 6.45) is 10.0. The lowest BCUT2D eigenvalue weighted by molar-refractivity contribution is 0.285. The van der Waals surface area contributed by atoms with Crippen LogP contribution in [0.5, 0.6) is 0 Å². The molecule has 1 fully saturated rings. The van der Waals surface area contributed by atoms with E-state index in [1.165, 1.54) is 43.4 Å². The van der Waals surface area contributed by atoms with Gasteiger partial charge < -0.3 is 5.32 Å². The normalized spacial score (nSPS) is 24.4. The van der Waals surface area contributed by atoms with E-state index >= 15 is 0 Å². The summed E-state index contributed by atoms with van der Waals surface area (Å²) in [6.45, 7) is 5.48. The number of hydrogen-bond donors (Lipinski definition) is 1. The predicted octanol–water partition coefficient (Wildman–Crippen LogP) is 3.04. The summed E-state index contributed by atoms with van der Waals surface area (Å²) < 4.78 is 1.93. The van der Waals surface area contributed by atoms with Crippen LogP contribution in [0.15, 0.2) is 6.20 Å². The summed E-state index contributed by atoms with van der Waals surface area (Å²) in [4.78, 5) is 0. The van der Waals surface area contributed by atoms with Crippen molar-refractivity contribution < 1.29 is 0 Å². The topological polar surface area (TPSA) is 29.9 Å². The fourth-order valence-electron chi connectivity index (χ4n) is 3.06. The van der Waals surface area contributed by atoms with E-state index in [-0.39, 0.29) is 0 Å². The lowest BCUT2D eigenvalue weighted by atomic mass is 9.84. The van der Waals surface area contributed by atoms with Gasteiger partial charge in [0.15, 0.2) is 0 Å². The molecule has 0 atom stereocenters. The van der Waals surface area contributed by atoms with Gasteiger partial charge in [0.25, 0.3) is 0 Å². The minimum atomic E-state index is 0.720. The van der Waals surface area contributed by atoms with Gasteiger partial charge in [-0.05, 0) is 38.0 Å². The molecule has 0 amide bonds. The molecular formula is C15H27N3. The molecule has 0 spiro atoms. The molecular weight excluding hydrogens is 222 g/mol. The molecule has 1 aliphatic carbocycles. The molecule has 0 aliphatic heterocycles. The molecule has 1 aromatic heterocycles. The minimum Gasteiger partial charge on any atom is -0.310 e. The van der Waals surface area contributed by atoms with Crippen molar-refractivity contribution in [2.75, 3.05) is 0 Å². The molecule has 0 bridgehead atoms. The van der Waals surface area contributed by atoms with Crippen molar-refractivity contribution in [3.8, 4) is 0 Å². The van der Waals surface area contributed by atoms with Crippen LogP contribution in [0.25, 0.3) is 0 Å². The van der Waals surface area contributed by atoms with Crippen molar-refractivity contribution >= 4 is 0 Å². The van der Waals surface area contributed by atoms with Crippen molar-refractivity contribution in [3.05, 3.63) is 17.5 Å². The average Bonchev–Trinajstić information content (AvgIpc) is 2.77. The van der Waals surface area contributed by atoms with Gasteiger partial charge in [-0.1, -0.05) is 20.3 Å². The molecule has 1 N–H and O–H groups in total. The van der Waals surface area contributed by atoms with E-state index in [9.17, 15) is 0 Å². The number of nitrogens with one attached hydrogen (secondary N) is 1. The number of aromatic nitrogens is 2. The number of nitrogens with zero attached hydrogens (tertiary/aromatic N) is 2. The molecule has 3 heteroatoms. The summed E-state index contributed by atoms with van der Waals surface area (Å²) in [7, 11) is 2.01. The number of rotatable bonds is 5. The molecule has 0 radical (unpaired) electrons. The van der Waals surface area contributed by atoms with Crippen molar-refractivity contribution in [1.82, 2.24) is 15.1 Å². The molecule has 1 aromatic rings. The largest absolute Gasteiger partial charge is 0.310 e. The van der Waals surface area contributed by atoms with E-state index in [0.29, 0.717) is 0 Å². The van der Waals surface area contributed by atoms with Gasteiger partial charge in [-0.25, -0.2) is 0 Å². The minimum absolute atomic E-state index is 0.720. The molecule has 1 saturated carbocycles. The molecule has 18 heavy (non-hydrogen) atoms. The van der Waals surface area contributed by atoms with Crippen LogP contribution in [0.4, 0.5) is 0 Å². The second-order valence-electron chi connectivity index (χ2n) is 5.64. The summed E-state index contributed by atoms with van der Waals surface area (Å²) in [5.74, 6) is 0.979. The van der Waals surface area contributed by atoms with Gasteiger partial charge in [0.2, 0.25) is 0 Å². The van der Waals surface area contributed by atoms with Crippen molar-refractivity contribution in [1.29, 1.82) is 0 Å². The van der Waals surface area contributed by atoms with Crippen molar-refractivity contribution in [2.24, 2.45) is 13.0 Å². The van der Waals surface area contributed by atoms with Crippen LogP contribution in [0.3, 0.4) is 0 Å². The van der Waals surface area contributed by atoms with Gasteiger partial charge in [-0.2, -0.15) is 5.10 Å². The number of hydrogen-bond acceptors (Lipinski definition) is 2. The molecule has 1 aliphatic rings. The van der Waals surface area contributed by atoms with Gasteiger partial charge >= 0.3 is 0 Å². The van der Waals surface area contributed by atoms with Crippen LogP contribution in [0.2, 0.25) is 0 Å². The Morgan fingerprint density at radius 2 is 2.00 bits per heavy atom. The van der Waals surface area contributed by atoms with Gasteiger partial charge in [0.1, 0.15) is 0 Å². The van der Waals surface area contributed by atoms with E-state index in [1.54, 1.807) is 0 Å². The second kappa shape index (κ2) is 6.37. The third kappa shape index (κ3) is 3.35. The maximum atomic E-state index is 4.49. The van der Waals surface area contributed by atoms with Crippen molar-refractivity contribution in [2.45, 2.75) is 65.0 Å². The van der Waals surface area contributed by atoms with Crippen LogP contribution in [-0.2, 0) is 20.0 Å². The highest BCUT2D eigenvalue weighted by Crippen LogP contribution is 2.26. The first-order valence-corrected chi connectivity index (χ1v) is 7.47. The third-order valence-electron chi connectivity index (χ3n) is 4.33. The van der Waals surface area contributed by atoms with Gasteiger partial charge in [-0.3, -0.25) is 4.68 Å². The van der Waals surface area contributed by atoms with E-state index in [4.69, 9.17) is 0 Å². The van der Waals surface area contributed by atoms with Gasteiger partial charge in [-0.15, -0.1) is 0 Å². The maximum absolute atomic E-state index is 4.49. The third-order valence-corrected chi connectivity index (χ3v) is 4.33. The SMILES string of the molecule is CCc1nn(C)cc1CNC1CCC(CC)CC1. The zero-order valence-corrected chi connectivity index (χ0v) is 12.1. The summed E-state index contributed by atoms with van der Waals surface area (Å²) in [5.41, 5.74) is 2.62. The van der Waals surface area contributed by atoms with E-state index in [0.717, 1.165) is 24.9 Å². The van der Waals surface area contributed by atoms with Crippen molar-refractivity contribution in [3.63, 3.8) is 0 Å². The number of aryl methyl sites for hydroxylation is 2. The Morgan fingerprint density at radius 1 is 1.28 bits per heavy atom. The van der Waals surface area contributed by atoms with Crippen LogP contribution in [-0.4, -0.2) is 15.8 Å². The van der Waals surface area contributed by atoms with Crippen LogP contribution in [0.1, 0.15) is 57.2 Å². The summed E-state index contributed by atoms with van der Waals surface area (Å²) >= 11 is 0. The Labute approximate surface area is 111 Å². The van der Waals surface area contributed by atoms with E-state index < -0.39 is 0 Å². The Morgan fingerprint density at radius 3 is 2.61 bits per heavy atom. The highest BCUT2D eigenvalue weighted by molar-refractivity contribution is 5.16. The fraction of sp³-hybridized carbons (Fsp3) is 0.800. The van der Waals surface area contributed by atoms with E-state index in [1.807, 2.05) is 11.7 Å². The average molecular weight is 249 g/mol. The Bertz CT molecular complexity index is 362. The monoisotopic (exact) mass is 249 g/mol. The second-order valence-corrected chi connectivity index (χ2v) is 5.64. The molecule has 0 saturated heterocycles. The van der Waals surface area contributed by atoms with Crippen LogP contribution < -0.4 is 5.32 Å².